The second-order valence-corrected chi connectivity index (χ2v) is 6.84. The minimum Gasteiger partial charge on any atom is -0.454 e. The molecule has 6 nitrogen and oxygen atoms in total. The number of carbonyl (C=O) groups is 2. The van der Waals surface area contributed by atoms with E-state index in [-0.39, 0.29) is 12.4 Å². The number of halogens is 1. The fraction of sp³-hybridized carbons (Fsp3) is 0.211. The van der Waals surface area contributed by atoms with Crippen LogP contribution >= 0.6 is 15.9 Å². The average Bonchev–Trinajstić information content (AvgIpc) is 3.15. The van der Waals surface area contributed by atoms with E-state index in [1.54, 1.807) is 37.3 Å². The van der Waals surface area contributed by atoms with Crippen molar-refractivity contribution in [3.63, 3.8) is 0 Å². The fourth-order valence-corrected chi connectivity index (χ4v) is 3.16. The van der Waals surface area contributed by atoms with Gasteiger partial charge >= 0.3 is 5.97 Å². The molecule has 0 saturated carbocycles. The van der Waals surface area contributed by atoms with Gasteiger partial charge in [0.05, 0.1) is 5.56 Å². The number of aromatic nitrogens is 2. The lowest BCUT2D eigenvalue weighted by Gasteiger charge is -2.06. The minimum absolute atomic E-state index is 0.270. The molecule has 0 bridgehead atoms. The second-order valence-electron chi connectivity index (χ2n) is 5.93. The number of benzene rings is 1. The summed E-state index contributed by atoms with van der Waals surface area (Å²) in [5.41, 5.74) is 2.44. The van der Waals surface area contributed by atoms with Crippen molar-refractivity contribution in [2.45, 2.75) is 20.8 Å². The Balaban J connectivity index is 1.75. The highest BCUT2D eigenvalue weighted by molar-refractivity contribution is 9.10. The van der Waals surface area contributed by atoms with Gasteiger partial charge in [0.1, 0.15) is 5.76 Å². The molecule has 3 aromatic rings. The lowest BCUT2D eigenvalue weighted by Crippen LogP contribution is -2.15. The van der Waals surface area contributed by atoms with Gasteiger partial charge in [0.25, 0.3) is 0 Å². The van der Waals surface area contributed by atoms with Crippen molar-refractivity contribution in [3.8, 4) is 5.82 Å². The molecule has 2 heterocycles. The summed E-state index contributed by atoms with van der Waals surface area (Å²) in [5.74, 6) is 0.486. The molecule has 0 N–H and O–H groups in total. The first-order valence-corrected chi connectivity index (χ1v) is 8.74. The Kier molecular flexibility index (Phi) is 5.08. The topological polar surface area (TPSA) is 74.3 Å². The van der Waals surface area contributed by atoms with Crippen molar-refractivity contribution >= 4 is 27.7 Å². The summed E-state index contributed by atoms with van der Waals surface area (Å²) in [6.45, 7) is 5.17. The van der Waals surface area contributed by atoms with E-state index in [0.717, 1.165) is 15.9 Å². The highest BCUT2D eigenvalue weighted by Crippen LogP contribution is 2.21. The Morgan fingerprint density at radius 3 is 2.62 bits per heavy atom. The Hall–Kier alpha value is -2.67. The van der Waals surface area contributed by atoms with Crippen molar-refractivity contribution < 1.29 is 18.8 Å². The van der Waals surface area contributed by atoms with Crippen LogP contribution in [0.3, 0.4) is 0 Å². The van der Waals surface area contributed by atoms with Crippen LogP contribution in [-0.2, 0) is 4.74 Å². The maximum atomic E-state index is 12.5. The van der Waals surface area contributed by atoms with Gasteiger partial charge in [0.15, 0.2) is 12.4 Å². The standard InChI is InChI=1S/C19H17BrN2O4/c1-11-7-16(13(3)22(11)18-8-12(2)26-21-18)17(23)10-25-19(24)14-5-4-6-15(20)9-14/h4-9H,10H2,1-3H3. The molecule has 1 aromatic carbocycles. The number of aryl methyl sites for hydroxylation is 2. The van der Waals surface area contributed by atoms with Crippen LogP contribution in [0.5, 0.6) is 0 Å². The van der Waals surface area contributed by atoms with Gasteiger partial charge in [-0.3, -0.25) is 9.36 Å². The smallest absolute Gasteiger partial charge is 0.338 e. The summed E-state index contributed by atoms with van der Waals surface area (Å²) >= 11 is 3.30. The maximum Gasteiger partial charge on any atom is 0.338 e. The average molecular weight is 417 g/mol. The zero-order chi connectivity index (χ0) is 18.8. The Labute approximate surface area is 158 Å². The first kappa shape index (κ1) is 18.1. The molecule has 0 fully saturated rings. The number of ketones is 1. The third-order valence-corrected chi connectivity index (χ3v) is 4.46. The minimum atomic E-state index is -0.541. The molecule has 0 radical (unpaired) electrons. The summed E-state index contributed by atoms with van der Waals surface area (Å²) in [4.78, 5) is 24.6. The first-order chi connectivity index (χ1) is 12.4. The number of hydrogen-bond donors (Lipinski definition) is 0. The van der Waals surface area contributed by atoms with E-state index in [1.165, 1.54) is 0 Å². The predicted molar refractivity (Wildman–Crippen MR) is 98.8 cm³/mol. The molecule has 0 unspecified atom stereocenters. The van der Waals surface area contributed by atoms with Gasteiger partial charge in [-0.15, -0.1) is 0 Å². The van der Waals surface area contributed by atoms with Crippen LogP contribution in [-0.4, -0.2) is 28.1 Å². The van der Waals surface area contributed by atoms with Gasteiger partial charge in [-0.05, 0) is 45.0 Å². The van der Waals surface area contributed by atoms with Crippen molar-refractivity contribution in [2.24, 2.45) is 0 Å². The van der Waals surface area contributed by atoms with Gasteiger partial charge in [-0.25, -0.2) is 4.79 Å². The molecule has 2 aromatic heterocycles. The largest absolute Gasteiger partial charge is 0.454 e. The molecule has 0 aliphatic carbocycles. The number of nitrogens with zero attached hydrogens (tertiary/aromatic N) is 2. The van der Waals surface area contributed by atoms with E-state index in [1.807, 2.05) is 24.5 Å². The normalized spacial score (nSPS) is 10.8. The van der Waals surface area contributed by atoms with E-state index >= 15 is 0 Å². The molecule has 0 saturated heterocycles. The zero-order valence-electron chi connectivity index (χ0n) is 14.6. The molecule has 0 atom stereocenters. The Morgan fingerprint density at radius 2 is 1.96 bits per heavy atom. The van der Waals surface area contributed by atoms with Crippen LogP contribution in [0, 0.1) is 20.8 Å². The van der Waals surface area contributed by atoms with Crippen molar-refractivity contribution in [1.29, 1.82) is 0 Å². The molecule has 0 aliphatic rings. The summed E-state index contributed by atoms with van der Waals surface area (Å²) < 4.78 is 12.9. The summed E-state index contributed by atoms with van der Waals surface area (Å²) in [6, 6.07) is 10.4. The second kappa shape index (κ2) is 7.29. The summed E-state index contributed by atoms with van der Waals surface area (Å²) in [6.07, 6.45) is 0. The van der Waals surface area contributed by atoms with Crippen LogP contribution in [0.2, 0.25) is 0 Å². The summed E-state index contributed by atoms with van der Waals surface area (Å²) in [7, 11) is 0. The molecule has 0 amide bonds. The number of Topliss-reactive ketones (excluding diaryl/α,β-unsaturated/α-hetero) is 1. The number of ether oxygens (including phenoxy) is 1. The monoisotopic (exact) mass is 416 g/mol. The van der Waals surface area contributed by atoms with E-state index in [9.17, 15) is 9.59 Å². The van der Waals surface area contributed by atoms with Crippen LogP contribution in [0.4, 0.5) is 0 Å². The van der Waals surface area contributed by atoms with Gasteiger partial charge in [-0.1, -0.05) is 27.2 Å². The van der Waals surface area contributed by atoms with E-state index in [0.29, 0.717) is 22.7 Å². The molecular weight excluding hydrogens is 400 g/mol. The molecule has 7 heteroatoms. The van der Waals surface area contributed by atoms with Gasteiger partial charge < -0.3 is 9.26 Å². The van der Waals surface area contributed by atoms with Crippen molar-refractivity contribution in [3.05, 3.63) is 69.1 Å². The van der Waals surface area contributed by atoms with Crippen molar-refractivity contribution in [1.82, 2.24) is 9.72 Å². The lowest BCUT2D eigenvalue weighted by atomic mass is 10.1. The van der Waals surface area contributed by atoms with Crippen LogP contribution in [0.15, 0.2) is 45.4 Å². The third-order valence-electron chi connectivity index (χ3n) is 3.97. The van der Waals surface area contributed by atoms with E-state index in [2.05, 4.69) is 21.1 Å². The summed E-state index contributed by atoms with van der Waals surface area (Å²) in [5, 5.41) is 3.99. The molecule has 0 spiro atoms. The quantitative estimate of drug-likeness (QED) is 0.460. The van der Waals surface area contributed by atoms with Crippen LogP contribution in [0.1, 0.15) is 37.9 Å². The molecule has 3 rings (SSSR count). The molecule has 26 heavy (non-hydrogen) atoms. The maximum absolute atomic E-state index is 12.5. The predicted octanol–water partition coefficient (Wildman–Crippen LogP) is 4.19. The molecular formula is C19H17BrN2O4. The highest BCUT2D eigenvalue weighted by Gasteiger charge is 2.20. The zero-order valence-corrected chi connectivity index (χ0v) is 16.2. The molecule has 0 aliphatic heterocycles. The Bertz CT molecular complexity index is 987. The van der Waals surface area contributed by atoms with E-state index < -0.39 is 5.97 Å². The van der Waals surface area contributed by atoms with Crippen LogP contribution < -0.4 is 0 Å². The van der Waals surface area contributed by atoms with Crippen LogP contribution in [0.25, 0.3) is 5.82 Å². The highest BCUT2D eigenvalue weighted by atomic mass is 79.9. The van der Waals surface area contributed by atoms with Gasteiger partial charge in [0, 0.05) is 27.5 Å². The Morgan fingerprint density at radius 1 is 1.19 bits per heavy atom. The van der Waals surface area contributed by atoms with Gasteiger partial charge in [-0.2, -0.15) is 0 Å². The van der Waals surface area contributed by atoms with E-state index in [4.69, 9.17) is 9.26 Å². The number of hydrogen-bond acceptors (Lipinski definition) is 5. The number of rotatable bonds is 5. The van der Waals surface area contributed by atoms with Gasteiger partial charge in [0.2, 0.25) is 5.78 Å². The fourth-order valence-electron chi connectivity index (χ4n) is 2.76. The molecule has 134 valence electrons. The third kappa shape index (κ3) is 3.62. The first-order valence-electron chi connectivity index (χ1n) is 7.95. The lowest BCUT2D eigenvalue weighted by molar-refractivity contribution is 0.0474. The number of carbonyl (C=O) groups excluding carboxylic acids is 2. The number of esters is 1. The SMILES string of the molecule is Cc1cc(-n2c(C)cc(C(=O)COC(=O)c3cccc(Br)c3)c2C)no1. The van der Waals surface area contributed by atoms with Crippen molar-refractivity contribution in [2.75, 3.05) is 6.61 Å².